The van der Waals surface area contributed by atoms with E-state index in [1.807, 2.05) is 26.0 Å². The lowest BCUT2D eigenvalue weighted by atomic mass is 10.0. The number of hydrogen-bond donors (Lipinski definition) is 1. The van der Waals surface area contributed by atoms with Crippen LogP contribution in [-0.2, 0) is 9.53 Å². The summed E-state index contributed by atoms with van der Waals surface area (Å²) in [7, 11) is 0. The Hall–Kier alpha value is -2.93. The molecule has 3 aromatic carbocycles. The van der Waals surface area contributed by atoms with Crippen LogP contribution >= 0.6 is 39.1 Å². The van der Waals surface area contributed by atoms with Crippen LogP contribution in [0.15, 0.2) is 65.1 Å². The number of rotatable bonds is 5. The number of carbonyl (C=O) groups is 2. The maximum atomic E-state index is 13.0. The Labute approximate surface area is 215 Å². The first-order valence-corrected chi connectivity index (χ1v) is 11.9. The third-order valence-electron chi connectivity index (χ3n) is 5.47. The standard InChI is InChI=1S/C26H19BrCl2N2O3/c1-14-15(2)22(10-9-20(14)27)31-25(32)13-34-26(33)19-12-24(18-8-7-16(28)11-21(18)29)30-23-6-4-3-5-17(19)23/h3-12H,13H2,1-2H3,(H,31,32). The Kier molecular flexibility index (Phi) is 7.22. The van der Waals surface area contributed by atoms with Crippen LogP contribution in [0.2, 0.25) is 10.0 Å². The minimum atomic E-state index is -0.635. The van der Waals surface area contributed by atoms with Crippen LogP contribution < -0.4 is 5.32 Å². The second-order valence-electron chi connectivity index (χ2n) is 7.67. The number of fused-ring (bicyclic) bond motifs is 1. The Balaban J connectivity index is 1.58. The molecule has 0 saturated carbocycles. The predicted octanol–water partition coefficient (Wildman–Crippen LogP) is 7.38. The van der Waals surface area contributed by atoms with Gasteiger partial charge in [-0.2, -0.15) is 0 Å². The van der Waals surface area contributed by atoms with Crippen LogP contribution in [0.25, 0.3) is 22.2 Å². The van der Waals surface area contributed by atoms with Crippen LogP contribution in [-0.4, -0.2) is 23.5 Å². The molecule has 5 nitrogen and oxygen atoms in total. The molecule has 34 heavy (non-hydrogen) atoms. The van der Waals surface area contributed by atoms with Crippen molar-refractivity contribution in [3.63, 3.8) is 0 Å². The van der Waals surface area contributed by atoms with E-state index >= 15 is 0 Å². The highest BCUT2D eigenvalue weighted by atomic mass is 79.9. The van der Waals surface area contributed by atoms with E-state index in [-0.39, 0.29) is 5.56 Å². The van der Waals surface area contributed by atoms with Crippen molar-refractivity contribution in [2.75, 3.05) is 11.9 Å². The Morgan fingerprint density at radius 1 is 1.00 bits per heavy atom. The van der Waals surface area contributed by atoms with E-state index in [0.717, 1.165) is 15.6 Å². The Bertz CT molecular complexity index is 1440. The monoisotopic (exact) mass is 556 g/mol. The van der Waals surface area contributed by atoms with E-state index in [1.165, 1.54) is 0 Å². The first kappa shape index (κ1) is 24.2. The van der Waals surface area contributed by atoms with Crippen molar-refractivity contribution in [1.82, 2.24) is 4.98 Å². The number of esters is 1. The molecule has 0 saturated heterocycles. The van der Waals surface area contributed by atoms with Crippen molar-refractivity contribution < 1.29 is 14.3 Å². The number of ether oxygens (including phenoxy) is 1. The molecular formula is C26H19BrCl2N2O3. The van der Waals surface area contributed by atoms with Gasteiger partial charge in [-0.3, -0.25) is 4.79 Å². The van der Waals surface area contributed by atoms with Crippen molar-refractivity contribution in [1.29, 1.82) is 0 Å². The second-order valence-corrected chi connectivity index (χ2v) is 9.36. The fraction of sp³-hybridized carbons (Fsp3) is 0.115. The number of pyridine rings is 1. The molecule has 0 bridgehead atoms. The first-order valence-electron chi connectivity index (χ1n) is 10.3. The maximum Gasteiger partial charge on any atom is 0.339 e. The highest BCUT2D eigenvalue weighted by Gasteiger charge is 2.18. The van der Waals surface area contributed by atoms with Crippen LogP contribution in [0.4, 0.5) is 5.69 Å². The number of aromatic nitrogens is 1. The van der Waals surface area contributed by atoms with E-state index in [4.69, 9.17) is 27.9 Å². The van der Waals surface area contributed by atoms with Gasteiger partial charge in [-0.25, -0.2) is 9.78 Å². The minimum Gasteiger partial charge on any atom is -0.452 e. The third kappa shape index (κ3) is 5.09. The largest absolute Gasteiger partial charge is 0.452 e. The lowest BCUT2D eigenvalue weighted by Gasteiger charge is -2.13. The van der Waals surface area contributed by atoms with Gasteiger partial charge in [-0.15, -0.1) is 0 Å². The summed E-state index contributed by atoms with van der Waals surface area (Å²) in [5, 5.41) is 4.31. The normalized spacial score (nSPS) is 10.9. The third-order valence-corrected chi connectivity index (χ3v) is 6.88. The fourth-order valence-corrected chi connectivity index (χ4v) is 4.43. The molecule has 172 valence electrons. The SMILES string of the molecule is Cc1c(Br)ccc(NC(=O)COC(=O)c2cc(-c3ccc(Cl)cc3Cl)nc3ccccc23)c1C. The molecule has 0 aliphatic carbocycles. The predicted molar refractivity (Wildman–Crippen MR) is 140 cm³/mol. The fourth-order valence-electron chi connectivity index (χ4n) is 3.50. The number of para-hydroxylation sites is 1. The minimum absolute atomic E-state index is 0.287. The smallest absolute Gasteiger partial charge is 0.339 e. The van der Waals surface area contributed by atoms with Crippen molar-refractivity contribution in [3.05, 3.63) is 91.9 Å². The van der Waals surface area contributed by atoms with Crippen molar-refractivity contribution in [2.24, 2.45) is 0 Å². The second kappa shape index (κ2) is 10.1. The van der Waals surface area contributed by atoms with Gasteiger partial charge in [0.05, 0.1) is 21.8 Å². The molecule has 0 radical (unpaired) electrons. The number of carbonyl (C=O) groups excluding carboxylic acids is 2. The number of amides is 1. The number of benzene rings is 3. The Morgan fingerprint density at radius 3 is 2.53 bits per heavy atom. The summed E-state index contributed by atoms with van der Waals surface area (Å²) >= 11 is 15.9. The summed E-state index contributed by atoms with van der Waals surface area (Å²) < 4.78 is 6.32. The molecule has 0 aliphatic rings. The van der Waals surface area contributed by atoms with E-state index in [2.05, 4.69) is 26.2 Å². The van der Waals surface area contributed by atoms with Gasteiger partial charge in [0.25, 0.3) is 5.91 Å². The van der Waals surface area contributed by atoms with Crippen molar-refractivity contribution in [2.45, 2.75) is 13.8 Å². The zero-order chi connectivity index (χ0) is 24.4. The molecular weight excluding hydrogens is 539 g/mol. The topological polar surface area (TPSA) is 68.3 Å². The molecule has 0 atom stereocenters. The molecule has 4 rings (SSSR count). The van der Waals surface area contributed by atoms with Crippen LogP contribution in [0.1, 0.15) is 21.5 Å². The molecule has 0 aliphatic heterocycles. The van der Waals surface area contributed by atoms with Gasteiger partial charge in [0.2, 0.25) is 0 Å². The average Bonchev–Trinajstić information content (AvgIpc) is 2.82. The molecule has 4 aromatic rings. The van der Waals surface area contributed by atoms with E-state index < -0.39 is 18.5 Å². The van der Waals surface area contributed by atoms with E-state index in [1.54, 1.807) is 48.5 Å². The highest BCUT2D eigenvalue weighted by Crippen LogP contribution is 2.32. The van der Waals surface area contributed by atoms with Gasteiger partial charge in [-0.1, -0.05) is 57.3 Å². The zero-order valence-corrected chi connectivity index (χ0v) is 21.4. The van der Waals surface area contributed by atoms with Gasteiger partial charge in [0.1, 0.15) is 0 Å². The van der Waals surface area contributed by atoms with E-state index in [0.29, 0.717) is 37.9 Å². The summed E-state index contributed by atoms with van der Waals surface area (Å²) in [4.78, 5) is 30.1. The van der Waals surface area contributed by atoms with Crippen LogP contribution in [0.3, 0.4) is 0 Å². The molecule has 1 heterocycles. The maximum absolute atomic E-state index is 13.0. The molecule has 0 unspecified atom stereocenters. The number of hydrogen-bond acceptors (Lipinski definition) is 4. The number of anilines is 1. The highest BCUT2D eigenvalue weighted by molar-refractivity contribution is 9.10. The average molecular weight is 558 g/mol. The van der Waals surface area contributed by atoms with Gasteiger partial charge >= 0.3 is 5.97 Å². The molecule has 0 spiro atoms. The zero-order valence-electron chi connectivity index (χ0n) is 18.3. The van der Waals surface area contributed by atoms with Gasteiger partial charge in [-0.05, 0) is 67.4 Å². The lowest BCUT2D eigenvalue weighted by molar-refractivity contribution is -0.119. The number of nitrogens with one attached hydrogen (secondary N) is 1. The van der Waals surface area contributed by atoms with E-state index in [9.17, 15) is 9.59 Å². The molecule has 1 N–H and O–H groups in total. The summed E-state index contributed by atoms with van der Waals surface area (Å²) in [5.41, 5.74) is 4.63. The molecule has 1 amide bonds. The first-order chi connectivity index (χ1) is 16.2. The summed E-state index contributed by atoms with van der Waals surface area (Å²) in [6, 6.07) is 17.5. The Morgan fingerprint density at radius 2 is 1.76 bits per heavy atom. The van der Waals surface area contributed by atoms with Crippen LogP contribution in [0, 0.1) is 13.8 Å². The molecule has 8 heteroatoms. The van der Waals surface area contributed by atoms with Gasteiger partial charge < -0.3 is 10.1 Å². The van der Waals surface area contributed by atoms with Crippen molar-refractivity contribution in [3.8, 4) is 11.3 Å². The lowest BCUT2D eigenvalue weighted by Crippen LogP contribution is -2.21. The number of halogens is 3. The van der Waals surface area contributed by atoms with Crippen LogP contribution in [0.5, 0.6) is 0 Å². The molecule has 0 fully saturated rings. The molecule has 1 aromatic heterocycles. The van der Waals surface area contributed by atoms with Gasteiger partial charge in [0.15, 0.2) is 6.61 Å². The number of nitrogens with zero attached hydrogens (tertiary/aromatic N) is 1. The quantitative estimate of drug-likeness (QED) is 0.260. The summed E-state index contributed by atoms with van der Waals surface area (Å²) in [5.74, 6) is -1.07. The van der Waals surface area contributed by atoms with Crippen molar-refractivity contribution >= 4 is 67.6 Å². The summed E-state index contributed by atoms with van der Waals surface area (Å²) in [6.07, 6.45) is 0. The van der Waals surface area contributed by atoms with Gasteiger partial charge in [0, 0.05) is 26.1 Å². The summed E-state index contributed by atoms with van der Waals surface area (Å²) in [6.45, 7) is 3.43.